The second-order valence-corrected chi connectivity index (χ2v) is 4.61. The summed E-state index contributed by atoms with van der Waals surface area (Å²) in [6, 6.07) is 6.55. The molecule has 0 aliphatic rings. The summed E-state index contributed by atoms with van der Waals surface area (Å²) in [5, 5.41) is 11.6. The molecular weight excluding hydrogens is 225 g/mol. The number of halogens is 1. The van der Waals surface area contributed by atoms with Gasteiger partial charge in [-0.1, -0.05) is 18.2 Å². The Kier molecular flexibility index (Phi) is 2.94. The van der Waals surface area contributed by atoms with Crippen LogP contribution in [-0.2, 0) is 0 Å². The summed E-state index contributed by atoms with van der Waals surface area (Å²) in [4.78, 5) is 0.901. The smallest absolute Gasteiger partial charge is 0.168 e. The third-order valence-electron chi connectivity index (χ3n) is 2.53. The number of thiophene rings is 1. The van der Waals surface area contributed by atoms with Crippen LogP contribution in [-0.4, -0.2) is 5.11 Å². The van der Waals surface area contributed by atoms with Gasteiger partial charge in [0.25, 0.3) is 0 Å². The van der Waals surface area contributed by atoms with E-state index in [1.54, 1.807) is 19.1 Å². The van der Waals surface area contributed by atoms with Gasteiger partial charge in [-0.3, -0.25) is 0 Å². The zero-order chi connectivity index (χ0) is 11.7. The molecule has 0 unspecified atom stereocenters. The predicted octanol–water partition coefficient (Wildman–Crippen LogP) is 2.95. The van der Waals surface area contributed by atoms with Crippen molar-refractivity contribution >= 4 is 11.3 Å². The van der Waals surface area contributed by atoms with Crippen LogP contribution < -0.4 is 5.73 Å². The maximum absolute atomic E-state index is 13.5. The Morgan fingerprint density at radius 3 is 2.75 bits per heavy atom. The van der Waals surface area contributed by atoms with Crippen molar-refractivity contribution in [1.29, 1.82) is 0 Å². The lowest BCUT2D eigenvalue weighted by atomic mass is 10.0. The third kappa shape index (κ3) is 1.81. The van der Waals surface area contributed by atoms with E-state index in [9.17, 15) is 9.50 Å². The maximum atomic E-state index is 13.5. The van der Waals surface area contributed by atoms with E-state index in [1.165, 1.54) is 11.3 Å². The Hall–Kier alpha value is -1.39. The molecule has 3 N–H and O–H groups in total. The van der Waals surface area contributed by atoms with Crippen molar-refractivity contribution < 1.29 is 9.50 Å². The van der Waals surface area contributed by atoms with Gasteiger partial charge in [0.2, 0.25) is 0 Å². The number of hydrogen-bond acceptors (Lipinski definition) is 3. The predicted molar refractivity (Wildman–Crippen MR) is 63.2 cm³/mol. The fourth-order valence-corrected chi connectivity index (χ4v) is 2.30. The molecule has 0 fully saturated rings. The van der Waals surface area contributed by atoms with Crippen LogP contribution in [0.4, 0.5) is 4.39 Å². The Morgan fingerprint density at radius 2 is 2.12 bits per heavy atom. The normalized spacial score (nSPS) is 12.7. The highest BCUT2D eigenvalue weighted by atomic mass is 32.1. The highest BCUT2D eigenvalue weighted by molar-refractivity contribution is 7.10. The molecule has 1 heterocycles. The summed E-state index contributed by atoms with van der Waals surface area (Å²) in [5.74, 6) is -0.939. The molecule has 0 saturated carbocycles. The quantitative estimate of drug-likeness (QED) is 0.843. The van der Waals surface area contributed by atoms with E-state index in [2.05, 4.69) is 0 Å². The molecule has 0 amide bonds. The second-order valence-electron chi connectivity index (χ2n) is 3.63. The van der Waals surface area contributed by atoms with Gasteiger partial charge >= 0.3 is 0 Å². The van der Waals surface area contributed by atoms with Gasteiger partial charge in [-0.2, -0.15) is 0 Å². The summed E-state index contributed by atoms with van der Waals surface area (Å²) in [7, 11) is 0. The van der Waals surface area contributed by atoms with Crippen molar-refractivity contribution in [3.8, 4) is 5.75 Å². The van der Waals surface area contributed by atoms with Crippen LogP contribution in [0.25, 0.3) is 0 Å². The van der Waals surface area contributed by atoms with Gasteiger partial charge < -0.3 is 10.8 Å². The molecular formula is C12H12FNOS. The van der Waals surface area contributed by atoms with E-state index in [-0.39, 0.29) is 5.75 Å². The van der Waals surface area contributed by atoms with E-state index in [1.807, 2.05) is 17.5 Å². The largest absolute Gasteiger partial charge is 0.505 e. The molecule has 2 nitrogen and oxygen atoms in total. The van der Waals surface area contributed by atoms with Crippen molar-refractivity contribution in [2.45, 2.75) is 13.0 Å². The second kappa shape index (κ2) is 4.23. The zero-order valence-corrected chi connectivity index (χ0v) is 9.59. The van der Waals surface area contributed by atoms with E-state index in [0.29, 0.717) is 11.1 Å². The van der Waals surface area contributed by atoms with Gasteiger partial charge in [-0.05, 0) is 23.9 Å². The lowest BCUT2D eigenvalue weighted by molar-refractivity contribution is 0.421. The lowest BCUT2D eigenvalue weighted by Crippen LogP contribution is -2.11. The Morgan fingerprint density at radius 1 is 1.38 bits per heavy atom. The van der Waals surface area contributed by atoms with Crippen LogP contribution in [0.2, 0.25) is 0 Å². The van der Waals surface area contributed by atoms with Crippen molar-refractivity contribution in [2.24, 2.45) is 5.73 Å². The van der Waals surface area contributed by atoms with Crippen molar-refractivity contribution in [1.82, 2.24) is 0 Å². The van der Waals surface area contributed by atoms with Crippen LogP contribution in [0.1, 0.15) is 22.0 Å². The Labute approximate surface area is 97.2 Å². The molecule has 2 aromatic rings. The first-order valence-corrected chi connectivity index (χ1v) is 5.76. The number of aromatic hydroxyl groups is 1. The summed E-state index contributed by atoms with van der Waals surface area (Å²) < 4.78 is 13.5. The molecule has 4 heteroatoms. The van der Waals surface area contributed by atoms with Crippen molar-refractivity contribution in [2.75, 3.05) is 0 Å². The average molecular weight is 237 g/mol. The molecule has 0 bridgehead atoms. The molecule has 0 spiro atoms. The standard InChI is InChI=1S/C12H12FNOS/c1-7-4-5-8(12(15)10(7)13)11(14)9-3-2-6-16-9/h2-6,11,15H,14H2,1H3/t11-/m0/s1. The van der Waals surface area contributed by atoms with Crippen molar-refractivity contribution in [3.63, 3.8) is 0 Å². The molecule has 0 radical (unpaired) electrons. The molecule has 16 heavy (non-hydrogen) atoms. The van der Waals surface area contributed by atoms with Gasteiger partial charge in [-0.25, -0.2) is 4.39 Å². The monoisotopic (exact) mass is 237 g/mol. The molecule has 84 valence electrons. The van der Waals surface area contributed by atoms with Crippen LogP contribution in [0, 0.1) is 12.7 Å². The SMILES string of the molecule is Cc1ccc([C@H](N)c2cccs2)c(O)c1F. The van der Waals surface area contributed by atoms with E-state index < -0.39 is 11.9 Å². The minimum Gasteiger partial charge on any atom is -0.505 e. The number of aryl methyl sites for hydroxylation is 1. The molecule has 1 atom stereocenters. The van der Waals surface area contributed by atoms with Gasteiger partial charge in [0, 0.05) is 10.4 Å². The van der Waals surface area contributed by atoms with E-state index >= 15 is 0 Å². The van der Waals surface area contributed by atoms with Crippen LogP contribution in [0.3, 0.4) is 0 Å². The number of phenols is 1. The highest BCUT2D eigenvalue weighted by Gasteiger charge is 2.17. The molecule has 1 aromatic carbocycles. The molecule has 1 aromatic heterocycles. The minimum atomic E-state index is -0.593. The summed E-state index contributed by atoms with van der Waals surface area (Å²) in [6.07, 6.45) is 0. The van der Waals surface area contributed by atoms with Gasteiger partial charge in [0.05, 0.1) is 6.04 Å². The molecule has 2 rings (SSSR count). The highest BCUT2D eigenvalue weighted by Crippen LogP contribution is 2.32. The van der Waals surface area contributed by atoms with E-state index in [0.717, 1.165) is 4.88 Å². The molecule has 0 saturated heterocycles. The fraction of sp³-hybridized carbons (Fsp3) is 0.167. The molecule has 0 aliphatic heterocycles. The first-order chi connectivity index (χ1) is 7.61. The summed E-state index contributed by atoms with van der Waals surface area (Å²) >= 11 is 1.49. The Bertz CT molecular complexity index is 496. The number of rotatable bonds is 2. The zero-order valence-electron chi connectivity index (χ0n) is 8.77. The summed E-state index contributed by atoms with van der Waals surface area (Å²) in [5.41, 5.74) is 6.80. The maximum Gasteiger partial charge on any atom is 0.168 e. The third-order valence-corrected chi connectivity index (χ3v) is 3.48. The fourth-order valence-electron chi connectivity index (χ4n) is 1.55. The van der Waals surface area contributed by atoms with E-state index in [4.69, 9.17) is 5.73 Å². The Balaban J connectivity index is 2.45. The van der Waals surface area contributed by atoms with Gasteiger partial charge in [0.15, 0.2) is 11.6 Å². The average Bonchev–Trinajstić information content (AvgIpc) is 2.79. The topological polar surface area (TPSA) is 46.2 Å². The van der Waals surface area contributed by atoms with Crippen LogP contribution >= 0.6 is 11.3 Å². The van der Waals surface area contributed by atoms with Crippen LogP contribution in [0.15, 0.2) is 29.6 Å². The van der Waals surface area contributed by atoms with Gasteiger partial charge in [0.1, 0.15) is 0 Å². The number of nitrogens with two attached hydrogens (primary N) is 1. The lowest BCUT2D eigenvalue weighted by Gasteiger charge is -2.13. The number of benzene rings is 1. The first-order valence-electron chi connectivity index (χ1n) is 4.88. The van der Waals surface area contributed by atoms with Crippen LogP contribution in [0.5, 0.6) is 5.75 Å². The van der Waals surface area contributed by atoms with Crippen molar-refractivity contribution in [3.05, 3.63) is 51.5 Å². The summed E-state index contributed by atoms with van der Waals surface area (Å²) in [6.45, 7) is 1.61. The number of phenolic OH excluding ortho intramolecular Hbond substituents is 1. The molecule has 0 aliphatic carbocycles. The van der Waals surface area contributed by atoms with Gasteiger partial charge in [-0.15, -0.1) is 11.3 Å². The minimum absolute atomic E-state index is 0.346. The number of hydrogen-bond donors (Lipinski definition) is 2. The first kappa shape index (κ1) is 11.1.